The van der Waals surface area contributed by atoms with Crippen LogP contribution in [0.3, 0.4) is 0 Å². The van der Waals surface area contributed by atoms with Crippen LogP contribution in [0.15, 0.2) is 30.5 Å². The van der Waals surface area contributed by atoms with Crippen molar-refractivity contribution in [2.24, 2.45) is 5.73 Å². The van der Waals surface area contributed by atoms with Crippen molar-refractivity contribution in [3.63, 3.8) is 0 Å². The summed E-state index contributed by atoms with van der Waals surface area (Å²) >= 11 is 0. The summed E-state index contributed by atoms with van der Waals surface area (Å²) in [5.74, 6) is -0.466. The van der Waals surface area contributed by atoms with Crippen molar-refractivity contribution in [3.05, 3.63) is 36.2 Å². The highest BCUT2D eigenvalue weighted by Crippen LogP contribution is 2.35. The molecule has 0 radical (unpaired) electrons. The molecule has 3 rings (SSSR count). The molecule has 1 saturated heterocycles. The van der Waals surface area contributed by atoms with E-state index in [1.165, 1.54) is 12.8 Å². The van der Waals surface area contributed by atoms with Crippen LogP contribution in [-0.4, -0.2) is 23.0 Å². The fourth-order valence-electron chi connectivity index (χ4n) is 2.84. The summed E-state index contributed by atoms with van der Waals surface area (Å²) in [6.45, 7) is 0. The van der Waals surface area contributed by atoms with Gasteiger partial charge in [-0.3, -0.25) is 9.78 Å². The zero-order valence-electron chi connectivity index (χ0n) is 9.54. The maximum Gasteiger partial charge on any atom is 0.267 e. The lowest BCUT2D eigenvalue weighted by molar-refractivity contribution is 0.0995. The number of rotatable bonds is 2. The number of pyridine rings is 1. The van der Waals surface area contributed by atoms with Crippen LogP contribution < -0.4 is 10.6 Å². The van der Waals surface area contributed by atoms with Crippen LogP contribution in [0.1, 0.15) is 29.8 Å². The maximum atomic E-state index is 11.1. The Kier molecular flexibility index (Phi) is 2.35. The molecule has 0 aliphatic carbocycles. The Labute approximate surface area is 100 Å². The SMILES string of the molecule is NC(=O)c1cc(N2C3C=CCC2CC3)ccn1. The van der Waals surface area contributed by atoms with Gasteiger partial charge < -0.3 is 10.6 Å². The van der Waals surface area contributed by atoms with Crippen molar-refractivity contribution in [1.82, 2.24) is 4.98 Å². The fourth-order valence-corrected chi connectivity index (χ4v) is 2.84. The minimum absolute atomic E-state index is 0.344. The van der Waals surface area contributed by atoms with Gasteiger partial charge in [0, 0.05) is 24.0 Å². The van der Waals surface area contributed by atoms with E-state index in [2.05, 4.69) is 22.0 Å². The van der Waals surface area contributed by atoms with Gasteiger partial charge in [0.25, 0.3) is 5.91 Å². The number of carbonyl (C=O) groups excluding carboxylic acids is 1. The van der Waals surface area contributed by atoms with E-state index in [1.807, 2.05) is 6.07 Å². The summed E-state index contributed by atoms with van der Waals surface area (Å²) in [6.07, 6.45) is 9.67. The van der Waals surface area contributed by atoms with Crippen molar-refractivity contribution in [2.75, 3.05) is 4.90 Å². The Bertz CT molecular complexity index is 483. The maximum absolute atomic E-state index is 11.1. The summed E-state index contributed by atoms with van der Waals surface area (Å²) in [7, 11) is 0. The second kappa shape index (κ2) is 3.87. The zero-order valence-corrected chi connectivity index (χ0v) is 9.54. The average molecular weight is 229 g/mol. The van der Waals surface area contributed by atoms with Gasteiger partial charge in [0.15, 0.2) is 0 Å². The molecule has 2 aliphatic rings. The molecule has 3 heterocycles. The first kappa shape index (κ1) is 10.3. The van der Waals surface area contributed by atoms with E-state index in [4.69, 9.17) is 5.73 Å². The van der Waals surface area contributed by atoms with E-state index in [0.717, 1.165) is 12.1 Å². The van der Waals surface area contributed by atoms with Gasteiger partial charge >= 0.3 is 0 Å². The van der Waals surface area contributed by atoms with Gasteiger partial charge in [-0.15, -0.1) is 0 Å². The highest BCUT2D eigenvalue weighted by Gasteiger charge is 2.33. The largest absolute Gasteiger partial charge is 0.364 e. The lowest BCUT2D eigenvalue weighted by Gasteiger charge is -2.33. The van der Waals surface area contributed by atoms with Crippen LogP contribution in [-0.2, 0) is 0 Å². The van der Waals surface area contributed by atoms with Crippen LogP contribution >= 0.6 is 0 Å². The summed E-state index contributed by atoms with van der Waals surface area (Å²) in [4.78, 5) is 17.5. The van der Waals surface area contributed by atoms with Crippen LogP contribution in [0, 0.1) is 0 Å². The van der Waals surface area contributed by atoms with E-state index >= 15 is 0 Å². The smallest absolute Gasteiger partial charge is 0.267 e. The van der Waals surface area contributed by atoms with Crippen molar-refractivity contribution in [1.29, 1.82) is 0 Å². The molecule has 1 fully saturated rings. The van der Waals surface area contributed by atoms with Crippen LogP contribution in [0.5, 0.6) is 0 Å². The molecule has 4 heteroatoms. The van der Waals surface area contributed by atoms with Gasteiger partial charge in [0.1, 0.15) is 5.69 Å². The lowest BCUT2D eigenvalue weighted by Crippen LogP contribution is -2.37. The first-order valence-corrected chi connectivity index (χ1v) is 5.96. The Balaban J connectivity index is 1.97. The zero-order chi connectivity index (χ0) is 11.8. The van der Waals surface area contributed by atoms with Gasteiger partial charge in [-0.1, -0.05) is 12.2 Å². The third-order valence-corrected chi connectivity index (χ3v) is 3.61. The van der Waals surface area contributed by atoms with Crippen LogP contribution in [0.4, 0.5) is 5.69 Å². The van der Waals surface area contributed by atoms with Gasteiger partial charge in [-0.25, -0.2) is 0 Å². The van der Waals surface area contributed by atoms with Crippen LogP contribution in [0.25, 0.3) is 0 Å². The molecule has 0 aromatic carbocycles. The molecule has 0 spiro atoms. The summed E-state index contributed by atoms with van der Waals surface area (Å²) < 4.78 is 0. The van der Waals surface area contributed by atoms with Gasteiger partial charge in [-0.2, -0.15) is 0 Å². The van der Waals surface area contributed by atoms with Gasteiger partial charge in [0.2, 0.25) is 0 Å². The number of amides is 1. The molecular formula is C13H15N3O. The summed E-state index contributed by atoms with van der Waals surface area (Å²) in [6, 6.07) is 4.79. The molecule has 88 valence electrons. The van der Waals surface area contributed by atoms with E-state index < -0.39 is 5.91 Å². The quantitative estimate of drug-likeness (QED) is 0.781. The predicted molar refractivity (Wildman–Crippen MR) is 65.8 cm³/mol. The second-order valence-corrected chi connectivity index (χ2v) is 4.63. The fraction of sp³-hybridized carbons (Fsp3) is 0.385. The topological polar surface area (TPSA) is 59.2 Å². The molecule has 0 saturated carbocycles. The first-order chi connectivity index (χ1) is 8.25. The molecular weight excluding hydrogens is 214 g/mol. The minimum Gasteiger partial charge on any atom is -0.364 e. The molecule has 2 N–H and O–H groups in total. The third-order valence-electron chi connectivity index (χ3n) is 3.61. The molecule has 1 aromatic heterocycles. The molecule has 2 bridgehead atoms. The number of fused-ring (bicyclic) bond motifs is 2. The Morgan fingerprint density at radius 1 is 1.47 bits per heavy atom. The highest BCUT2D eigenvalue weighted by molar-refractivity contribution is 5.91. The molecule has 2 unspecified atom stereocenters. The highest BCUT2D eigenvalue weighted by atomic mass is 16.1. The number of aromatic nitrogens is 1. The Morgan fingerprint density at radius 3 is 3.12 bits per heavy atom. The monoisotopic (exact) mass is 229 g/mol. The number of nitrogens with zero attached hydrogens (tertiary/aromatic N) is 2. The van der Waals surface area contributed by atoms with Crippen molar-refractivity contribution in [3.8, 4) is 0 Å². The van der Waals surface area contributed by atoms with E-state index in [9.17, 15) is 4.79 Å². The van der Waals surface area contributed by atoms with Gasteiger partial charge in [-0.05, 0) is 31.4 Å². The lowest BCUT2D eigenvalue weighted by atomic mass is 10.1. The average Bonchev–Trinajstić information content (AvgIpc) is 2.59. The standard InChI is InChI=1S/C13H15N3O/c14-13(17)12-8-11(6-7-15-12)16-9-2-1-3-10(16)5-4-9/h1-2,6-10H,3-5H2,(H2,14,17). The Morgan fingerprint density at radius 2 is 2.35 bits per heavy atom. The number of carbonyl (C=O) groups is 1. The molecule has 4 nitrogen and oxygen atoms in total. The summed E-state index contributed by atoms with van der Waals surface area (Å²) in [5, 5.41) is 0. The summed E-state index contributed by atoms with van der Waals surface area (Å²) in [5.41, 5.74) is 6.67. The first-order valence-electron chi connectivity index (χ1n) is 5.96. The van der Waals surface area contributed by atoms with Crippen molar-refractivity contribution < 1.29 is 4.79 Å². The van der Waals surface area contributed by atoms with Gasteiger partial charge in [0.05, 0.1) is 0 Å². The van der Waals surface area contributed by atoms with Crippen molar-refractivity contribution >= 4 is 11.6 Å². The molecule has 17 heavy (non-hydrogen) atoms. The molecule has 2 atom stereocenters. The molecule has 1 amide bonds. The third kappa shape index (κ3) is 1.69. The number of hydrogen-bond donors (Lipinski definition) is 1. The molecule has 1 aromatic rings. The number of nitrogens with two attached hydrogens (primary N) is 1. The van der Waals surface area contributed by atoms with Crippen LogP contribution in [0.2, 0.25) is 0 Å². The number of hydrogen-bond acceptors (Lipinski definition) is 3. The number of anilines is 1. The predicted octanol–water partition coefficient (Wildman–Crippen LogP) is 1.48. The molecule has 2 aliphatic heterocycles. The van der Waals surface area contributed by atoms with E-state index in [0.29, 0.717) is 17.8 Å². The normalized spacial score (nSPS) is 26.2. The minimum atomic E-state index is -0.466. The van der Waals surface area contributed by atoms with Crippen molar-refractivity contribution in [2.45, 2.75) is 31.3 Å². The van der Waals surface area contributed by atoms with E-state index in [-0.39, 0.29) is 0 Å². The Hall–Kier alpha value is -1.84. The number of primary amides is 1. The second-order valence-electron chi connectivity index (χ2n) is 4.63. The van der Waals surface area contributed by atoms with E-state index in [1.54, 1.807) is 12.3 Å².